The van der Waals surface area contributed by atoms with Crippen molar-refractivity contribution in [2.75, 3.05) is 19.6 Å². The summed E-state index contributed by atoms with van der Waals surface area (Å²) in [5.74, 6) is 1.32. The third kappa shape index (κ3) is 5.52. The van der Waals surface area contributed by atoms with Crippen LogP contribution in [-0.4, -0.2) is 34.9 Å². The van der Waals surface area contributed by atoms with Crippen LogP contribution in [0.3, 0.4) is 0 Å². The minimum Gasteiger partial charge on any atom is -0.383 e. The third-order valence-electron chi connectivity index (χ3n) is 5.50. The number of fused-ring (bicyclic) bond motifs is 1. The first-order chi connectivity index (χ1) is 13.6. The molecule has 0 radical (unpaired) electrons. The van der Waals surface area contributed by atoms with Crippen molar-refractivity contribution in [3.8, 4) is 0 Å². The Hall–Kier alpha value is -1.98. The Bertz CT molecular complexity index is 851. The van der Waals surface area contributed by atoms with Crippen LogP contribution < -0.4 is 5.73 Å². The fraction of sp³-hybridized carbons (Fsp3) is 0.435. The highest BCUT2D eigenvalue weighted by molar-refractivity contribution is 8.06. The summed E-state index contributed by atoms with van der Waals surface area (Å²) in [7, 11) is 0. The van der Waals surface area contributed by atoms with Gasteiger partial charge in [0.05, 0.1) is 11.2 Å². The van der Waals surface area contributed by atoms with Gasteiger partial charge < -0.3 is 15.2 Å². The van der Waals surface area contributed by atoms with Crippen molar-refractivity contribution < 1.29 is 0 Å². The van der Waals surface area contributed by atoms with Crippen LogP contribution in [0, 0.1) is 5.92 Å². The molecule has 2 aromatic rings. The second-order valence-electron chi connectivity index (χ2n) is 7.69. The van der Waals surface area contributed by atoms with Crippen LogP contribution in [-0.2, 0) is 6.54 Å². The lowest BCUT2D eigenvalue weighted by atomic mass is 10.0. The molecule has 0 amide bonds. The molecule has 1 atom stereocenters. The second kappa shape index (κ2) is 9.99. The maximum atomic E-state index is 6.05. The maximum Gasteiger partial charge on any atom is 0.137 e. The lowest BCUT2D eigenvalue weighted by Crippen LogP contribution is -2.26. The van der Waals surface area contributed by atoms with Crippen LogP contribution in [0.25, 0.3) is 10.9 Å². The van der Waals surface area contributed by atoms with E-state index in [9.17, 15) is 0 Å². The summed E-state index contributed by atoms with van der Waals surface area (Å²) >= 11 is 1.40. The number of aliphatic imine (C=N–C) groups is 1. The van der Waals surface area contributed by atoms with Crippen molar-refractivity contribution >= 4 is 34.2 Å². The largest absolute Gasteiger partial charge is 0.383 e. The molecule has 0 bridgehead atoms. The smallest absolute Gasteiger partial charge is 0.137 e. The number of nitrogens with zero attached hydrogens (tertiary/aromatic N) is 3. The lowest BCUT2D eigenvalue weighted by molar-refractivity contribution is 0.273. The Morgan fingerprint density at radius 1 is 1.29 bits per heavy atom. The van der Waals surface area contributed by atoms with E-state index in [0.717, 1.165) is 23.1 Å². The molecule has 1 saturated heterocycles. The number of nitrogens with two attached hydrogens (primary N) is 1. The van der Waals surface area contributed by atoms with Crippen molar-refractivity contribution in [3.63, 3.8) is 0 Å². The van der Waals surface area contributed by atoms with E-state index in [0.29, 0.717) is 5.84 Å². The molecule has 1 aliphatic heterocycles. The minimum atomic E-state index is 0.442. The average Bonchev–Trinajstić information content (AvgIpc) is 2.96. The van der Waals surface area contributed by atoms with Gasteiger partial charge in [-0.05, 0) is 80.2 Å². The van der Waals surface area contributed by atoms with Crippen LogP contribution in [0.2, 0.25) is 0 Å². The van der Waals surface area contributed by atoms with Gasteiger partial charge in [0.2, 0.25) is 0 Å². The molecule has 1 aromatic carbocycles. The molecule has 1 fully saturated rings. The summed E-state index contributed by atoms with van der Waals surface area (Å²) in [6, 6.07) is 8.40. The number of amidine groups is 1. The highest BCUT2D eigenvalue weighted by Crippen LogP contribution is 2.24. The van der Waals surface area contributed by atoms with Gasteiger partial charge in [-0.15, -0.1) is 0 Å². The maximum absolute atomic E-state index is 6.05. The number of aromatic nitrogens is 1. The quantitative estimate of drug-likeness (QED) is 0.471. The zero-order valence-electron chi connectivity index (χ0n) is 16.9. The Labute approximate surface area is 173 Å². The van der Waals surface area contributed by atoms with Gasteiger partial charge in [0.15, 0.2) is 0 Å². The summed E-state index contributed by atoms with van der Waals surface area (Å²) in [5, 5.41) is 2.95. The molecule has 2 heterocycles. The first-order valence-corrected chi connectivity index (χ1v) is 11.1. The Balaban J connectivity index is 1.64. The predicted molar refractivity (Wildman–Crippen MR) is 124 cm³/mol. The summed E-state index contributed by atoms with van der Waals surface area (Å²) in [5.41, 5.74) is 8.11. The zero-order chi connectivity index (χ0) is 19.9. The van der Waals surface area contributed by atoms with E-state index in [2.05, 4.69) is 58.9 Å². The van der Waals surface area contributed by atoms with E-state index in [1.807, 2.05) is 6.07 Å². The molecule has 5 heteroatoms. The first kappa shape index (κ1) is 20.7. The Morgan fingerprint density at radius 2 is 2.14 bits per heavy atom. The summed E-state index contributed by atoms with van der Waals surface area (Å²) in [6.45, 7) is 14.7. The van der Waals surface area contributed by atoms with Gasteiger partial charge >= 0.3 is 0 Å². The summed E-state index contributed by atoms with van der Waals surface area (Å²) in [4.78, 5) is 7.88. The standard InChI is InChI=1S/C23H32N4S/c1-4-28-19(3)23(24)25-21-9-8-20-11-16-27(22(20)17-21)14-6-13-26-12-5-7-18(2)10-15-26/h4,8-9,11,16-18H,1,3,5-7,10,12-15H2,2H3,(H2,24,25). The highest BCUT2D eigenvalue weighted by atomic mass is 32.2. The molecule has 1 aliphatic rings. The topological polar surface area (TPSA) is 46.5 Å². The van der Waals surface area contributed by atoms with Crippen molar-refractivity contribution in [2.45, 2.75) is 39.2 Å². The summed E-state index contributed by atoms with van der Waals surface area (Å²) < 4.78 is 2.33. The monoisotopic (exact) mass is 396 g/mol. The number of aryl methyl sites for hydroxylation is 1. The Morgan fingerprint density at radius 3 is 2.96 bits per heavy atom. The zero-order valence-corrected chi connectivity index (χ0v) is 17.8. The molecular weight excluding hydrogens is 364 g/mol. The van der Waals surface area contributed by atoms with Crippen LogP contribution in [0.15, 0.2) is 58.9 Å². The first-order valence-electron chi connectivity index (χ1n) is 10.2. The molecule has 150 valence electrons. The van der Waals surface area contributed by atoms with E-state index in [1.54, 1.807) is 5.41 Å². The minimum absolute atomic E-state index is 0.442. The van der Waals surface area contributed by atoms with Crippen molar-refractivity contribution in [3.05, 3.63) is 53.9 Å². The van der Waals surface area contributed by atoms with Gasteiger partial charge in [-0.2, -0.15) is 0 Å². The number of likely N-dealkylation sites (tertiary alicyclic amines) is 1. The van der Waals surface area contributed by atoms with Gasteiger partial charge in [0, 0.05) is 17.6 Å². The fourth-order valence-electron chi connectivity index (χ4n) is 3.81. The van der Waals surface area contributed by atoms with E-state index in [-0.39, 0.29) is 0 Å². The van der Waals surface area contributed by atoms with Crippen molar-refractivity contribution in [1.29, 1.82) is 0 Å². The number of rotatable bonds is 8. The van der Waals surface area contributed by atoms with Gasteiger partial charge in [-0.3, -0.25) is 0 Å². The molecule has 0 spiro atoms. The molecule has 4 nitrogen and oxygen atoms in total. The van der Waals surface area contributed by atoms with E-state index >= 15 is 0 Å². The molecule has 0 saturated carbocycles. The number of hydrogen-bond acceptors (Lipinski definition) is 3. The molecule has 28 heavy (non-hydrogen) atoms. The van der Waals surface area contributed by atoms with Gasteiger partial charge in [-0.1, -0.05) is 37.9 Å². The number of thioether (sulfide) groups is 1. The average molecular weight is 397 g/mol. The van der Waals surface area contributed by atoms with E-state index in [4.69, 9.17) is 5.73 Å². The van der Waals surface area contributed by atoms with Crippen LogP contribution in [0.4, 0.5) is 5.69 Å². The Kier molecular flexibility index (Phi) is 7.40. The normalized spacial score (nSPS) is 18.9. The van der Waals surface area contributed by atoms with Gasteiger partial charge in [0.25, 0.3) is 0 Å². The van der Waals surface area contributed by atoms with Crippen molar-refractivity contribution in [2.24, 2.45) is 16.6 Å². The van der Waals surface area contributed by atoms with Crippen LogP contribution in [0.5, 0.6) is 0 Å². The number of benzene rings is 1. The van der Waals surface area contributed by atoms with Crippen LogP contribution in [0.1, 0.15) is 32.6 Å². The summed E-state index contributed by atoms with van der Waals surface area (Å²) in [6.07, 6.45) is 7.40. The molecule has 1 aromatic heterocycles. The van der Waals surface area contributed by atoms with E-state index in [1.165, 1.54) is 68.0 Å². The highest BCUT2D eigenvalue weighted by Gasteiger charge is 2.13. The molecule has 2 N–H and O–H groups in total. The van der Waals surface area contributed by atoms with Crippen molar-refractivity contribution in [1.82, 2.24) is 9.47 Å². The van der Waals surface area contributed by atoms with Gasteiger partial charge in [0.1, 0.15) is 5.84 Å². The predicted octanol–water partition coefficient (Wildman–Crippen LogP) is 5.53. The number of hydrogen-bond donors (Lipinski definition) is 1. The molecule has 0 aliphatic carbocycles. The third-order valence-corrected chi connectivity index (χ3v) is 6.16. The van der Waals surface area contributed by atoms with E-state index < -0.39 is 0 Å². The molecule has 3 rings (SSSR count). The SMILES string of the molecule is C=CSC(=C)C(N)=Nc1ccc2ccn(CCCN3CCCC(C)CC3)c2c1. The fourth-order valence-corrected chi connectivity index (χ4v) is 4.18. The molecular formula is C23H32N4S. The lowest BCUT2D eigenvalue weighted by Gasteiger charge is -2.20. The molecule has 1 unspecified atom stereocenters. The van der Waals surface area contributed by atoms with Gasteiger partial charge in [-0.25, -0.2) is 4.99 Å². The second-order valence-corrected chi connectivity index (χ2v) is 8.75. The van der Waals surface area contributed by atoms with Crippen LogP contribution >= 0.6 is 11.8 Å².